The molecular weight excluding hydrogens is 134 g/mol. The van der Waals surface area contributed by atoms with Gasteiger partial charge in [0.2, 0.25) is 0 Å². The lowest BCUT2D eigenvalue weighted by Crippen LogP contribution is -2.52. The van der Waals surface area contributed by atoms with Gasteiger partial charge in [0.25, 0.3) is 0 Å². The summed E-state index contributed by atoms with van der Waals surface area (Å²) in [5.41, 5.74) is 5.41. The third-order valence-corrected chi connectivity index (χ3v) is 1.98. The average Bonchev–Trinajstić information content (AvgIpc) is 1.93. The van der Waals surface area contributed by atoms with Gasteiger partial charge in [0.15, 0.2) is 0 Å². The number of rotatable bonds is 0. The Labute approximate surface area is 59.3 Å². The van der Waals surface area contributed by atoms with Crippen LogP contribution in [0.1, 0.15) is 12.8 Å². The van der Waals surface area contributed by atoms with E-state index in [9.17, 15) is 0 Å². The minimum atomic E-state index is -1.07. The van der Waals surface area contributed by atoms with Gasteiger partial charge in [-0.1, -0.05) is 0 Å². The molecule has 0 aromatic rings. The first-order chi connectivity index (χ1) is 4.63. The van der Waals surface area contributed by atoms with E-state index in [1.807, 2.05) is 0 Å². The summed E-state index contributed by atoms with van der Waals surface area (Å²) in [7, 11) is 0. The normalized spacial score (nSPS) is 49.2. The van der Waals surface area contributed by atoms with Gasteiger partial charge < -0.3 is 21.1 Å². The van der Waals surface area contributed by atoms with E-state index in [0.29, 0.717) is 12.8 Å². The second-order valence-corrected chi connectivity index (χ2v) is 2.79. The highest BCUT2D eigenvalue weighted by Gasteiger charge is 2.34. The van der Waals surface area contributed by atoms with Crippen molar-refractivity contribution < 1.29 is 15.3 Å². The van der Waals surface area contributed by atoms with Crippen LogP contribution in [0, 0.1) is 0 Å². The minimum Gasteiger partial charge on any atom is -0.390 e. The molecule has 4 heteroatoms. The molecule has 0 radical (unpaired) electrons. The van der Waals surface area contributed by atoms with E-state index in [4.69, 9.17) is 21.1 Å². The van der Waals surface area contributed by atoms with Crippen molar-refractivity contribution in [3.63, 3.8) is 0 Å². The average molecular weight is 147 g/mol. The Morgan fingerprint density at radius 2 is 1.60 bits per heavy atom. The van der Waals surface area contributed by atoms with Crippen LogP contribution in [-0.4, -0.2) is 39.7 Å². The maximum Gasteiger partial charge on any atom is 0.107 e. The van der Waals surface area contributed by atoms with Gasteiger partial charge >= 0.3 is 0 Å². The van der Waals surface area contributed by atoms with Crippen molar-refractivity contribution >= 4 is 0 Å². The van der Waals surface area contributed by atoms with Gasteiger partial charge in [-0.15, -0.1) is 0 Å². The second-order valence-electron chi connectivity index (χ2n) is 2.79. The molecule has 0 spiro atoms. The zero-order valence-electron chi connectivity index (χ0n) is 5.64. The van der Waals surface area contributed by atoms with Crippen molar-refractivity contribution in [3.05, 3.63) is 0 Å². The number of hydrogen-bond acceptors (Lipinski definition) is 4. The number of nitrogens with two attached hydrogens (primary N) is 1. The molecule has 5 N–H and O–H groups in total. The van der Waals surface area contributed by atoms with Gasteiger partial charge in [0, 0.05) is 6.04 Å². The van der Waals surface area contributed by atoms with Crippen molar-refractivity contribution in [1.29, 1.82) is 0 Å². The second kappa shape index (κ2) is 2.84. The first-order valence-corrected chi connectivity index (χ1v) is 3.42. The predicted molar refractivity (Wildman–Crippen MR) is 35.2 cm³/mol. The molecule has 0 amide bonds. The fourth-order valence-electron chi connectivity index (χ4n) is 1.19. The Bertz CT molecular complexity index is 106. The van der Waals surface area contributed by atoms with Crippen LogP contribution in [0.5, 0.6) is 0 Å². The molecule has 0 aromatic carbocycles. The van der Waals surface area contributed by atoms with E-state index < -0.39 is 24.4 Å². The summed E-state index contributed by atoms with van der Waals surface area (Å²) in [6.45, 7) is 0. The lowest BCUT2D eigenvalue weighted by molar-refractivity contribution is -0.0924. The van der Waals surface area contributed by atoms with Crippen LogP contribution in [0.4, 0.5) is 0 Å². The molecule has 1 aliphatic rings. The Kier molecular flexibility index (Phi) is 2.25. The maximum absolute atomic E-state index is 9.08. The highest BCUT2D eigenvalue weighted by molar-refractivity contribution is 4.89. The molecule has 4 nitrogen and oxygen atoms in total. The Balaban J connectivity index is 2.52. The van der Waals surface area contributed by atoms with Gasteiger partial charge in [-0.05, 0) is 12.8 Å². The molecule has 1 saturated carbocycles. The molecule has 0 heterocycles. The molecule has 0 aliphatic heterocycles. The number of hydrogen-bond donors (Lipinski definition) is 4. The van der Waals surface area contributed by atoms with Gasteiger partial charge in [0.1, 0.15) is 6.10 Å². The van der Waals surface area contributed by atoms with Crippen LogP contribution in [0.25, 0.3) is 0 Å². The summed E-state index contributed by atoms with van der Waals surface area (Å²) in [4.78, 5) is 0. The minimum absolute atomic E-state index is 0.390. The fraction of sp³-hybridized carbons (Fsp3) is 1.00. The van der Waals surface area contributed by atoms with Crippen molar-refractivity contribution in [1.82, 2.24) is 0 Å². The van der Waals surface area contributed by atoms with Crippen molar-refractivity contribution in [2.75, 3.05) is 0 Å². The smallest absolute Gasteiger partial charge is 0.107 e. The van der Waals surface area contributed by atoms with Crippen LogP contribution in [0.3, 0.4) is 0 Å². The van der Waals surface area contributed by atoms with Crippen LogP contribution < -0.4 is 5.73 Å². The van der Waals surface area contributed by atoms with Crippen LogP contribution in [0.2, 0.25) is 0 Å². The van der Waals surface area contributed by atoms with Gasteiger partial charge in [-0.3, -0.25) is 0 Å². The molecule has 0 saturated heterocycles. The molecule has 1 fully saturated rings. The fourth-order valence-corrected chi connectivity index (χ4v) is 1.19. The summed E-state index contributed by atoms with van der Waals surface area (Å²) in [6.07, 6.45) is -1.80. The highest BCUT2D eigenvalue weighted by Crippen LogP contribution is 2.17. The van der Waals surface area contributed by atoms with E-state index in [1.165, 1.54) is 0 Å². The first kappa shape index (κ1) is 7.94. The van der Waals surface area contributed by atoms with E-state index >= 15 is 0 Å². The Hall–Kier alpha value is -0.160. The van der Waals surface area contributed by atoms with E-state index in [-0.39, 0.29) is 0 Å². The topological polar surface area (TPSA) is 86.7 Å². The number of aliphatic hydroxyl groups excluding tert-OH is 3. The molecule has 0 unspecified atom stereocenters. The first-order valence-electron chi connectivity index (χ1n) is 3.42. The van der Waals surface area contributed by atoms with Gasteiger partial charge in [-0.25, -0.2) is 0 Å². The molecule has 0 bridgehead atoms. The molecular formula is C6H13NO3. The van der Waals surface area contributed by atoms with Gasteiger partial charge in [0.05, 0.1) is 12.2 Å². The highest BCUT2D eigenvalue weighted by atomic mass is 16.4. The molecule has 60 valence electrons. The Morgan fingerprint density at radius 1 is 1.00 bits per heavy atom. The SMILES string of the molecule is N[C@H]1CC[C@@H](O)[C@H](O)[C@@H]1O. The van der Waals surface area contributed by atoms with Crippen LogP contribution >= 0.6 is 0 Å². The summed E-state index contributed by atoms with van der Waals surface area (Å²) in [6, 6.07) is -0.390. The Morgan fingerprint density at radius 3 is 2.10 bits per heavy atom. The van der Waals surface area contributed by atoms with E-state index in [1.54, 1.807) is 0 Å². The van der Waals surface area contributed by atoms with Crippen molar-refractivity contribution in [2.45, 2.75) is 37.2 Å². The molecule has 10 heavy (non-hydrogen) atoms. The largest absolute Gasteiger partial charge is 0.390 e. The zero-order valence-corrected chi connectivity index (χ0v) is 5.64. The van der Waals surface area contributed by atoms with Crippen LogP contribution in [0.15, 0.2) is 0 Å². The quantitative estimate of drug-likeness (QED) is 0.325. The lowest BCUT2D eigenvalue weighted by atomic mass is 9.88. The third-order valence-electron chi connectivity index (χ3n) is 1.98. The molecule has 1 aliphatic carbocycles. The summed E-state index contributed by atoms with van der Waals surface area (Å²) in [5.74, 6) is 0. The van der Waals surface area contributed by atoms with Gasteiger partial charge in [-0.2, -0.15) is 0 Å². The predicted octanol–water partition coefficient (Wildman–Crippen LogP) is -1.81. The van der Waals surface area contributed by atoms with Crippen LogP contribution in [-0.2, 0) is 0 Å². The number of aliphatic hydroxyl groups is 3. The molecule has 4 atom stereocenters. The third kappa shape index (κ3) is 1.29. The monoisotopic (exact) mass is 147 g/mol. The summed E-state index contributed by atoms with van der Waals surface area (Å²) >= 11 is 0. The molecule has 1 rings (SSSR count). The standard InChI is InChI=1S/C6H13NO3/c7-3-1-2-4(8)6(10)5(3)9/h3-6,8-10H,1-2,7H2/t3-,4+,5+,6-/m0/s1. The van der Waals surface area contributed by atoms with Crippen molar-refractivity contribution in [3.8, 4) is 0 Å². The summed E-state index contributed by atoms with van der Waals surface area (Å²) in [5, 5.41) is 27.1. The van der Waals surface area contributed by atoms with E-state index in [0.717, 1.165) is 0 Å². The lowest BCUT2D eigenvalue weighted by Gasteiger charge is -2.32. The molecule has 0 aromatic heterocycles. The van der Waals surface area contributed by atoms with Crippen molar-refractivity contribution in [2.24, 2.45) is 5.73 Å². The van der Waals surface area contributed by atoms with E-state index in [2.05, 4.69) is 0 Å². The maximum atomic E-state index is 9.08. The summed E-state index contributed by atoms with van der Waals surface area (Å²) < 4.78 is 0. The zero-order chi connectivity index (χ0) is 7.72.